The van der Waals surface area contributed by atoms with Crippen LogP contribution in [0.2, 0.25) is 0 Å². The minimum absolute atomic E-state index is 0.422. The molecule has 118 valence electrons. The molecular weight excluding hydrogens is 309 g/mol. The topological polar surface area (TPSA) is 72.5 Å². The van der Waals surface area contributed by atoms with Crippen molar-refractivity contribution in [1.29, 1.82) is 0 Å². The standard InChI is InChI=1S/C15H16FNO4S/c1-15(2,3)21-14(18)17-13-6-4-5-10-9-11(22(16,19)20)7-8-12(10)13/h4-9H,1-3H3,(H,17,18). The first kappa shape index (κ1) is 16.2. The van der Waals surface area contributed by atoms with Crippen LogP contribution in [0, 0.1) is 0 Å². The number of hydrogen-bond acceptors (Lipinski definition) is 4. The van der Waals surface area contributed by atoms with Gasteiger partial charge in [-0.3, -0.25) is 5.32 Å². The lowest BCUT2D eigenvalue weighted by molar-refractivity contribution is 0.0636. The van der Waals surface area contributed by atoms with Crippen molar-refractivity contribution in [2.45, 2.75) is 31.3 Å². The zero-order valence-corrected chi connectivity index (χ0v) is 13.2. The molecular formula is C15H16FNO4S. The Labute approximate surface area is 128 Å². The molecule has 0 heterocycles. The molecule has 5 nitrogen and oxygen atoms in total. The lowest BCUT2D eigenvalue weighted by atomic mass is 10.1. The average Bonchev–Trinajstić information content (AvgIpc) is 2.35. The second kappa shape index (κ2) is 5.57. The summed E-state index contributed by atoms with van der Waals surface area (Å²) in [6, 6.07) is 8.71. The van der Waals surface area contributed by atoms with Crippen LogP contribution in [0.25, 0.3) is 10.8 Å². The maximum atomic E-state index is 13.0. The van der Waals surface area contributed by atoms with Crippen LogP contribution in [0.15, 0.2) is 41.3 Å². The lowest BCUT2D eigenvalue weighted by Crippen LogP contribution is -2.27. The number of ether oxygens (including phenoxy) is 1. The van der Waals surface area contributed by atoms with Crippen LogP contribution >= 0.6 is 0 Å². The molecule has 0 aromatic heterocycles. The van der Waals surface area contributed by atoms with Crippen molar-refractivity contribution in [1.82, 2.24) is 0 Å². The van der Waals surface area contributed by atoms with Gasteiger partial charge in [0.25, 0.3) is 0 Å². The molecule has 2 aromatic carbocycles. The number of halogens is 1. The van der Waals surface area contributed by atoms with Crippen LogP contribution in [0.5, 0.6) is 0 Å². The molecule has 22 heavy (non-hydrogen) atoms. The number of anilines is 1. The average molecular weight is 325 g/mol. The van der Waals surface area contributed by atoms with Gasteiger partial charge in [-0.1, -0.05) is 18.2 Å². The summed E-state index contributed by atoms with van der Waals surface area (Å²) in [5.74, 6) is 0. The van der Waals surface area contributed by atoms with Gasteiger partial charge in [-0.05, 0) is 44.4 Å². The van der Waals surface area contributed by atoms with E-state index in [0.717, 1.165) is 6.07 Å². The van der Waals surface area contributed by atoms with E-state index in [1.807, 2.05) is 0 Å². The molecule has 2 rings (SSSR count). The smallest absolute Gasteiger partial charge is 0.412 e. The summed E-state index contributed by atoms with van der Waals surface area (Å²) in [6.45, 7) is 5.23. The van der Waals surface area contributed by atoms with Gasteiger partial charge in [0.2, 0.25) is 0 Å². The zero-order chi connectivity index (χ0) is 16.5. The number of fused-ring (bicyclic) bond motifs is 1. The Bertz CT molecular complexity index is 825. The number of carbonyl (C=O) groups is 1. The summed E-state index contributed by atoms with van der Waals surface area (Å²) in [6.07, 6.45) is -0.623. The highest BCUT2D eigenvalue weighted by Gasteiger charge is 2.17. The highest BCUT2D eigenvalue weighted by molar-refractivity contribution is 7.86. The highest BCUT2D eigenvalue weighted by Crippen LogP contribution is 2.27. The number of rotatable bonds is 2. The van der Waals surface area contributed by atoms with Gasteiger partial charge in [-0.2, -0.15) is 8.42 Å². The van der Waals surface area contributed by atoms with Gasteiger partial charge in [-0.25, -0.2) is 4.79 Å². The van der Waals surface area contributed by atoms with Gasteiger partial charge in [0.05, 0.1) is 10.6 Å². The predicted molar refractivity (Wildman–Crippen MR) is 82.1 cm³/mol. The van der Waals surface area contributed by atoms with Crippen molar-refractivity contribution in [3.8, 4) is 0 Å². The second-order valence-corrected chi connectivity index (χ2v) is 7.10. The molecule has 7 heteroatoms. The molecule has 0 unspecified atom stereocenters. The number of carbonyl (C=O) groups excluding carboxylic acids is 1. The van der Waals surface area contributed by atoms with Crippen molar-refractivity contribution in [3.05, 3.63) is 36.4 Å². The summed E-state index contributed by atoms with van der Waals surface area (Å²) >= 11 is 0. The van der Waals surface area contributed by atoms with E-state index in [4.69, 9.17) is 4.74 Å². The van der Waals surface area contributed by atoms with Crippen molar-refractivity contribution in [2.24, 2.45) is 0 Å². The van der Waals surface area contributed by atoms with E-state index < -0.39 is 26.8 Å². The Hall–Kier alpha value is -2.15. The fraction of sp³-hybridized carbons (Fsp3) is 0.267. The van der Waals surface area contributed by atoms with E-state index >= 15 is 0 Å². The van der Waals surface area contributed by atoms with Gasteiger partial charge in [0, 0.05) is 5.39 Å². The zero-order valence-electron chi connectivity index (χ0n) is 12.4. The number of amides is 1. The Balaban J connectivity index is 2.38. The third-order valence-corrected chi connectivity index (χ3v) is 3.59. The molecule has 0 saturated carbocycles. The lowest BCUT2D eigenvalue weighted by Gasteiger charge is -2.20. The van der Waals surface area contributed by atoms with E-state index in [2.05, 4.69) is 5.32 Å². The van der Waals surface area contributed by atoms with Crippen molar-refractivity contribution in [3.63, 3.8) is 0 Å². The molecule has 0 spiro atoms. The maximum Gasteiger partial charge on any atom is 0.412 e. The third-order valence-electron chi connectivity index (χ3n) is 2.77. The summed E-state index contributed by atoms with van der Waals surface area (Å²) < 4.78 is 40.1. The van der Waals surface area contributed by atoms with Gasteiger partial charge in [0.15, 0.2) is 0 Å². The van der Waals surface area contributed by atoms with Gasteiger partial charge < -0.3 is 4.74 Å². The first-order valence-electron chi connectivity index (χ1n) is 6.54. The molecule has 1 N–H and O–H groups in total. The second-order valence-electron chi connectivity index (χ2n) is 5.75. The summed E-state index contributed by atoms with van der Waals surface area (Å²) in [7, 11) is -4.77. The van der Waals surface area contributed by atoms with Crippen LogP contribution < -0.4 is 5.32 Å². The molecule has 0 bridgehead atoms. The van der Waals surface area contributed by atoms with Gasteiger partial charge >= 0.3 is 16.3 Å². The molecule has 0 fully saturated rings. The highest BCUT2D eigenvalue weighted by atomic mass is 32.3. The fourth-order valence-electron chi connectivity index (χ4n) is 1.94. The summed E-state index contributed by atoms with van der Waals surface area (Å²) in [5, 5.41) is 3.67. The minimum Gasteiger partial charge on any atom is -0.444 e. The van der Waals surface area contributed by atoms with Crippen molar-refractivity contribution < 1.29 is 21.8 Å². The van der Waals surface area contributed by atoms with E-state index in [1.54, 1.807) is 39.0 Å². The number of benzene rings is 2. The van der Waals surface area contributed by atoms with Crippen LogP contribution in [0.1, 0.15) is 20.8 Å². The van der Waals surface area contributed by atoms with E-state index in [9.17, 15) is 17.1 Å². The van der Waals surface area contributed by atoms with Crippen LogP contribution in [0.4, 0.5) is 14.4 Å². The van der Waals surface area contributed by atoms with E-state index in [-0.39, 0.29) is 0 Å². The Kier molecular flexibility index (Phi) is 4.10. The van der Waals surface area contributed by atoms with Crippen LogP contribution in [-0.2, 0) is 15.0 Å². The van der Waals surface area contributed by atoms with Gasteiger partial charge in [0.1, 0.15) is 5.60 Å². The Morgan fingerprint density at radius 3 is 2.45 bits per heavy atom. The normalized spacial score (nSPS) is 12.2. The maximum absolute atomic E-state index is 13.0. The molecule has 0 aliphatic rings. The summed E-state index contributed by atoms with van der Waals surface area (Å²) in [5.41, 5.74) is -0.181. The molecule has 0 radical (unpaired) electrons. The van der Waals surface area contributed by atoms with Crippen LogP contribution in [-0.4, -0.2) is 20.1 Å². The third kappa shape index (κ3) is 3.94. The molecule has 2 aromatic rings. The largest absolute Gasteiger partial charge is 0.444 e. The first-order valence-corrected chi connectivity index (χ1v) is 7.92. The molecule has 0 atom stereocenters. The molecule has 0 aliphatic carbocycles. The molecule has 1 amide bonds. The number of hydrogen-bond donors (Lipinski definition) is 1. The molecule has 0 aliphatic heterocycles. The van der Waals surface area contributed by atoms with Crippen molar-refractivity contribution in [2.75, 3.05) is 5.32 Å². The van der Waals surface area contributed by atoms with Gasteiger partial charge in [-0.15, -0.1) is 3.89 Å². The Morgan fingerprint density at radius 1 is 1.18 bits per heavy atom. The fourth-order valence-corrected chi connectivity index (χ4v) is 2.43. The predicted octanol–water partition coefficient (Wildman–Crippen LogP) is 3.85. The Morgan fingerprint density at radius 2 is 1.86 bits per heavy atom. The SMILES string of the molecule is CC(C)(C)OC(=O)Nc1cccc2cc(S(=O)(=O)F)ccc12. The van der Waals surface area contributed by atoms with Crippen LogP contribution in [0.3, 0.4) is 0 Å². The van der Waals surface area contributed by atoms with Crippen molar-refractivity contribution >= 4 is 32.8 Å². The quantitative estimate of drug-likeness (QED) is 0.851. The minimum atomic E-state index is -4.77. The first-order chi connectivity index (χ1) is 10.1. The monoisotopic (exact) mass is 325 g/mol. The van der Waals surface area contributed by atoms with E-state index in [1.165, 1.54) is 12.1 Å². The number of nitrogens with one attached hydrogen (secondary N) is 1. The van der Waals surface area contributed by atoms with E-state index in [0.29, 0.717) is 16.5 Å². The molecule has 0 saturated heterocycles. The summed E-state index contributed by atoms with van der Waals surface area (Å²) in [4.78, 5) is 11.4.